The van der Waals surface area contributed by atoms with Gasteiger partial charge in [0.15, 0.2) is 0 Å². The third-order valence-corrected chi connectivity index (χ3v) is 3.43. The minimum absolute atomic E-state index is 0.0507. The molecule has 0 spiro atoms. The summed E-state index contributed by atoms with van der Waals surface area (Å²) in [5.41, 5.74) is 8.22. The standard InChI is InChI=1S/C18H18N4O3/c19-17-16(12-3-1-6-15(9-12)25-8-7-23)11-20-18(22-17)21-13-4-2-5-14(24)10-13/h1-6,9-11,23-24H,7-8H2,(H3,19,20,21,22). The maximum atomic E-state index is 9.49. The van der Waals surface area contributed by atoms with Gasteiger partial charge >= 0.3 is 0 Å². The number of nitrogens with zero attached hydrogens (tertiary/aromatic N) is 2. The molecule has 0 aliphatic rings. The molecule has 5 N–H and O–H groups in total. The van der Waals surface area contributed by atoms with Gasteiger partial charge in [-0.2, -0.15) is 4.98 Å². The van der Waals surface area contributed by atoms with E-state index in [0.717, 1.165) is 5.56 Å². The molecular formula is C18H18N4O3. The highest BCUT2D eigenvalue weighted by Gasteiger charge is 2.08. The molecule has 7 heteroatoms. The van der Waals surface area contributed by atoms with Crippen molar-refractivity contribution >= 4 is 17.5 Å². The van der Waals surface area contributed by atoms with Crippen molar-refractivity contribution in [2.45, 2.75) is 0 Å². The third kappa shape index (κ3) is 4.15. The Kier molecular flexibility index (Phi) is 4.96. The molecule has 0 amide bonds. The zero-order valence-corrected chi connectivity index (χ0v) is 13.4. The van der Waals surface area contributed by atoms with Crippen LogP contribution in [-0.2, 0) is 0 Å². The second-order valence-electron chi connectivity index (χ2n) is 5.27. The van der Waals surface area contributed by atoms with Crippen LogP contribution >= 0.6 is 0 Å². The fraction of sp³-hybridized carbons (Fsp3) is 0.111. The Balaban J connectivity index is 1.82. The van der Waals surface area contributed by atoms with Gasteiger partial charge in [-0.1, -0.05) is 18.2 Å². The number of aliphatic hydroxyl groups is 1. The van der Waals surface area contributed by atoms with Crippen LogP contribution in [0.2, 0.25) is 0 Å². The molecule has 2 aromatic carbocycles. The number of nitrogens with two attached hydrogens (primary N) is 1. The van der Waals surface area contributed by atoms with Gasteiger partial charge in [-0.05, 0) is 29.8 Å². The molecule has 0 saturated heterocycles. The molecule has 0 atom stereocenters. The minimum Gasteiger partial charge on any atom is -0.508 e. The molecule has 0 saturated carbocycles. The van der Waals surface area contributed by atoms with E-state index in [0.29, 0.717) is 28.8 Å². The van der Waals surface area contributed by atoms with Crippen LogP contribution in [0.25, 0.3) is 11.1 Å². The van der Waals surface area contributed by atoms with Crippen molar-refractivity contribution in [2.24, 2.45) is 0 Å². The summed E-state index contributed by atoms with van der Waals surface area (Å²) in [4.78, 5) is 8.53. The van der Waals surface area contributed by atoms with Crippen molar-refractivity contribution in [2.75, 3.05) is 24.3 Å². The Morgan fingerprint density at radius 3 is 2.72 bits per heavy atom. The molecule has 3 rings (SSSR count). The van der Waals surface area contributed by atoms with Crippen molar-refractivity contribution in [3.05, 3.63) is 54.7 Å². The third-order valence-electron chi connectivity index (χ3n) is 3.43. The summed E-state index contributed by atoms with van der Waals surface area (Å²) in [5.74, 6) is 1.43. The quantitative estimate of drug-likeness (QED) is 0.546. The van der Waals surface area contributed by atoms with E-state index in [4.69, 9.17) is 15.6 Å². The molecule has 0 radical (unpaired) electrons. The van der Waals surface area contributed by atoms with Crippen LogP contribution in [0, 0.1) is 0 Å². The Hall–Kier alpha value is -3.32. The first-order valence-electron chi connectivity index (χ1n) is 7.68. The second kappa shape index (κ2) is 7.50. The molecule has 0 fully saturated rings. The Bertz CT molecular complexity index is 870. The highest BCUT2D eigenvalue weighted by molar-refractivity contribution is 5.75. The van der Waals surface area contributed by atoms with Gasteiger partial charge in [-0.25, -0.2) is 4.98 Å². The summed E-state index contributed by atoms with van der Waals surface area (Å²) in [6, 6.07) is 14.0. The molecule has 0 aliphatic heterocycles. The molecule has 0 aliphatic carbocycles. The first kappa shape index (κ1) is 16.5. The number of aromatic nitrogens is 2. The van der Waals surface area contributed by atoms with E-state index in [9.17, 15) is 5.11 Å². The number of aromatic hydroxyl groups is 1. The number of aliphatic hydroxyl groups excluding tert-OH is 1. The van der Waals surface area contributed by atoms with Crippen molar-refractivity contribution < 1.29 is 14.9 Å². The van der Waals surface area contributed by atoms with E-state index in [1.54, 1.807) is 36.5 Å². The van der Waals surface area contributed by atoms with Crippen molar-refractivity contribution in [3.8, 4) is 22.6 Å². The number of ether oxygens (including phenoxy) is 1. The highest BCUT2D eigenvalue weighted by Crippen LogP contribution is 2.28. The van der Waals surface area contributed by atoms with E-state index in [-0.39, 0.29) is 19.0 Å². The van der Waals surface area contributed by atoms with E-state index in [1.165, 1.54) is 0 Å². The molecule has 1 heterocycles. The van der Waals surface area contributed by atoms with Gasteiger partial charge in [0.2, 0.25) is 5.95 Å². The average molecular weight is 338 g/mol. The zero-order chi connectivity index (χ0) is 17.6. The Labute approximate surface area is 144 Å². The van der Waals surface area contributed by atoms with Crippen LogP contribution in [0.4, 0.5) is 17.5 Å². The Morgan fingerprint density at radius 2 is 1.96 bits per heavy atom. The van der Waals surface area contributed by atoms with Crippen LogP contribution in [0.15, 0.2) is 54.7 Å². The van der Waals surface area contributed by atoms with Crippen molar-refractivity contribution in [3.63, 3.8) is 0 Å². The number of hydrogen-bond acceptors (Lipinski definition) is 7. The van der Waals surface area contributed by atoms with Gasteiger partial charge < -0.3 is 26.0 Å². The monoisotopic (exact) mass is 338 g/mol. The van der Waals surface area contributed by atoms with Crippen molar-refractivity contribution in [1.29, 1.82) is 0 Å². The first-order chi connectivity index (χ1) is 12.2. The summed E-state index contributed by atoms with van der Waals surface area (Å²) in [6.45, 7) is 0.174. The number of nitrogens with one attached hydrogen (secondary N) is 1. The Morgan fingerprint density at radius 1 is 1.12 bits per heavy atom. The first-order valence-corrected chi connectivity index (χ1v) is 7.68. The summed E-state index contributed by atoms with van der Waals surface area (Å²) < 4.78 is 5.40. The lowest BCUT2D eigenvalue weighted by Gasteiger charge is -2.10. The van der Waals surface area contributed by atoms with Crippen LogP contribution in [0.5, 0.6) is 11.5 Å². The number of nitrogen functional groups attached to an aromatic ring is 1. The van der Waals surface area contributed by atoms with Crippen LogP contribution in [-0.4, -0.2) is 33.4 Å². The maximum absolute atomic E-state index is 9.49. The van der Waals surface area contributed by atoms with Gasteiger partial charge in [-0.15, -0.1) is 0 Å². The summed E-state index contributed by atoms with van der Waals surface area (Å²) in [5, 5.41) is 21.3. The average Bonchev–Trinajstić information content (AvgIpc) is 2.60. The molecule has 25 heavy (non-hydrogen) atoms. The summed E-state index contributed by atoms with van der Waals surface area (Å²) in [7, 11) is 0. The lowest BCUT2D eigenvalue weighted by atomic mass is 10.1. The number of anilines is 3. The van der Waals surface area contributed by atoms with Gasteiger partial charge in [0.1, 0.15) is 23.9 Å². The fourth-order valence-corrected chi connectivity index (χ4v) is 2.31. The van der Waals surface area contributed by atoms with E-state index in [1.807, 2.05) is 18.2 Å². The van der Waals surface area contributed by atoms with Gasteiger partial charge in [0.25, 0.3) is 0 Å². The number of rotatable bonds is 6. The van der Waals surface area contributed by atoms with Gasteiger partial charge in [0.05, 0.1) is 6.61 Å². The minimum atomic E-state index is -0.0507. The second-order valence-corrected chi connectivity index (χ2v) is 5.27. The molecule has 1 aromatic heterocycles. The van der Waals surface area contributed by atoms with Crippen molar-refractivity contribution in [1.82, 2.24) is 9.97 Å². The molecular weight excluding hydrogens is 320 g/mol. The van der Waals surface area contributed by atoms with Crippen LogP contribution in [0.3, 0.4) is 0 Å². The molecule has 7 nitrogen and oxygen atoms in total. The molecule has 3 aromatic rings. The largest absolute Gasteiger partial charge is 0.508 e. The summed E-state index contributed by atoms with van der Waals surface area (Å²) >= 11 is 0. The predicted octanol–water partition coefficient (Wildman–Crippen LogP) is 2.55. The smallest absolute Gasteiger partial charge is 0.229 e. The molecule has 0 unspecified atom stereocenters. The van der Waals surface area contributed by atoms with E-state index >= 15 is 0 Å². The number of phenolic OH excluding ortho intramolecular Hbond substituents is 1. The SMILES string of the molecule is Nc1nc(Nc2cccc(O)c2)ncc1-c1cccc(OCCO)c1. The summed E-state index contributed by atoms with van der Waals surface area (Å²) in [6.07, 6.45) is 1.62. The topological polar surface area (TPSA) is 114 Å². The van der Waals surface area contributed by atoms with Crippen LogP contribution in [0.1, 0.15) is 0 Å². The maximum Gasteiger partial charge on any atom is 0.229 e. The highest BCUT2D eigenvalue weighted by atomic mass is 16.5. The van der Waals surface area contributed by atoms with Gasteiger partial charge in [-0.3, -0.25) is 0 Å². The van der Waals surface area contributed by atoms with E-state index in [2.05, 4.69) is 15.3 Å². The number of phenols is 1. The number of hydrogen-bond donors (Lipinski definition) is 4. The lowest BCUT2D eigenvalue weighted by molar-refractivity contribution is 0.201. The normalized spacial score (nSPS) is 10.4. The zero-order valence-electron chi connectivity index (χ0n) is 13.4. The van der Waals surface area contributed by atoms with E-state index < -0.39 is 0 Å². The lowest BCUT2D eigenvalue weighted by Crippen LogP contribution is -2.03. The molecule has 128 valence electrons. The number of benzene rings is 2. The molecule has 0 bridgehead atoms. The van der Waals surface area contributed by atoms with Crippen LogP contribution < -0.4 is 15.8 Å². The fourth-order valence-electron chi connectivity index (χ4n) is 2.31. The predicted molar refractivity (Wildman–Crippen MR) is 95.9 cm³/mol. The van der Waals surface area contributed by atoms with Gasteiger partial charge in [0, 0.05) is 23.5 Å².